The molecule has 154 valence electrons. The molecule has 0 saturated heterocycles. The number of anilines is 1. The molecule has 0 amide bonds. The second kappa shape index (κ2) is 8.11. The summed E-state index contributed by atoms with van der Waals surface area (Å²) in [6, 6.07) is 23.1. The zero-order chi connectivity index (χ0) is 21.3. The number of hydrogen-bond acceptors (Lipinski definition) is 2. The minimum absolute atomic E-state index is 0.590. The fourth-order valence-corrected chi connectivity index (χ4v) is 4.96. The molecule has 3 nitrogen and oxygen atoms in total. The zero-order valence-electron chi connectivity index (χ0n) is 17.7. The van der Waals surface area contributed by atoms with Crippen molar-refractivity contribution in [2.45, 2.75) is 33.1 Å². The normalized spacial score (nSPS) is 15.0. The molecule has 0 unspecified atom stereocenters. The smallest absolute Gasteiger partial charge is 0.229 e. The van der Waals surface area contributed by atoms with Gasteiger partial charge in [-0.1, -0.05) is 67.1 Å². The van der Waals surface area contributed by atoms with Crippen molar-refractivity contribution in [3.63, 3.8) is 0 Å². The van der Waals surface area contributed by atoms with Crippen molar-refractivity contribution in [1.82, 2.24) is 0 Å². The maximum atomic E-state index is 11.7. The van der Waals surface area contributed by atoms with Crippen molar-refractivity contribution < 1.29 is 8.42 Å². The summed E-state index contributed by atoms with van der Waals surface area (Å²) in [7, 11) is -3.33. The first-order valence-corrected chi connectivity index (χ1v) is 12.2. The summed E-state index contributed by atoms with van der Waals surface area (Å²) in [5.41, 5.74) is 10.7. The summed E-state index contributed by atoms with van der Waals surface area (Å²) in [4.78, 5) is 0. The van der Waals surface area contributed by atoms with Crippen molar-refractivity contribution >= 4 is 26.9 Å². The predicted molar refractivity (Wildman–Crippen MR) is 126 cm³/mol. The third-order valence-electron chi connectivity index (χ3n) is 5.65. The molecule has 0 spiro atoms. The summed E-state index contributed by atoms with van der Waals surface area (Å²) in [6.45, 7) is 4.31. The molecule has 30 heavy (non-hydrogen) atoms. The quantitative estimate of drug-likeness (QED) is 0.580. The second-order valence-electron chi connectivity index (χ2n) is 7.98. The Labute approximate surface area is 179 Å². The Kier molecular flexibility index (Phi) is 5.52. The first kappa shape index (κ1) is 20.4. The van der Waals surface area contributed by atoms with Crippen molar-refractivity contribution in [2.75, 3.05) is 11.0 Å². The SMILES string of the molecule is CCC(=C1c2ccccc2CCc2cc(C)ccc21)c1cccc(NS(C)(=O)=O)c1. The van der Waals surface area contributed by atoms with E-state index in [1.807, 2.05) is 12.1 Å². The third-order valence-corrected chi connectivity index (χ3v) is 6.26. The molecular weight excluding hydrogens is 390 g/mol. The number of nitrogens with one attached hydrogen (secondary N) is 1. The molecule has 0 aliphatic heterocycles. The molecule has 1 aliphatic carbocycles. The van der Waals surface area contributed by atoms with Gasteiger partial charge in [-0.25, -0.2) is 8.42 Å². The first-order valence-electron chi connectivity index (χ1n) is 10.4. The summed E-state index contributed by atoms with van der Waals surface area (Å²) in [5, 5.41) is 0. The Hall–Kier alpha value is -2.85. The van der Waals surface area contributed by atoms with Gasteiger partial charge in [-0.2, -0.15) is 0 Å². The number of allylic oxidation sites excluding steroid dienone is 1. The van der Waals surface area contributed by atoms with E-state index in [0.29, 0.717) is 5.69 Å². The summed E-state index contributed by atoms with van der Waals surface area (Å²) >= 11 is 0. The highest BCUT2D eigenvalue weighted by molar-refractivity contribution is 7.92. The van der Waals surface area contributed by atoms with Gasteiger partial charge in [0.1, 0.15) is 0 Å². The van der Waals surface area contributed by atoms with Gasteiger partial charge in [-0.3, -0.25) is 4.72 Å². The summed E-state index contributed by atoms with van der Waals surface area (Å²) in [5.74, 6) is 0. The van der Waals surface area contributed by atoms with E-state index >= 15 is 0 Å². The van der Waals surface area contributed by atoms with Crippen LogP contribution in [0, 0.1) is 6.92 Å². The number of benzene rings is 3. The minimum atomic E-state index is -3.33. The van der Waals surface area contributed by atoms with E-state index in [0.717, 1.165) is 24.8 Å². The molecule has 0 radical (unpaired) electrons. The lowest BCUT2D eigenvalue weighted by molar-refractivity contribution is 0.607. The Balaban J connectivity index is 1.99. The van der Waals surface area contributed by atoms with Crippen LogP contribution in [0.15, 0.2) is 66.7 Å². The number of hydrogen-bond donors (Lipinski definition) is 1. The molecule has 4 rings (SSSR count). The number of fused-ring (bicyclic) bond motifs is 2. The van der Waals surface area contributed by atoms with Gasteiger partial charge in [0.2, 0.25) is 10.0 Å². The lowest BCUT2D eigenvalue weighted by Crippen LogP contribution is -2.09. The molecule has 1 aliphatic rings. The average Bonchev–Trinajstić information content (AvgIpc) is 2.85. The van der Waals surface area contributed by atoms with E-state index < -0.39 is 10.0 Å². The van der Waals surface area contributed by atoms with Crippen LogP contribution in [0.3, 0.4) is 0 Å². The van der Waals surface area contributed by atoms with Crippen LogP contribution in [0.1, 0.15) is 46.7 Å². The minimum Gasteiger partial charge on any atom is -0.284 e. The van der Waals surface area contributed by atoms with Gasteiger partial charge in [0.25, 0.3) is 0 Å². The molecule has 0 aromatic heterocycles. The van der Waals surface area contributed by atoms with Crippen molar-refractivity contribution in [1.29, 1.82) is 0 Å². The summed E-state index contributed by atoms with van der Waals surface area (Å²) < 4.78 is 26.1. The van der Waals surface area contributed by atoms with Gasteiger partial charge in [0.15, 0.2) is 0 Å². The number of aryl methyl sites for hydroxylation is 3. The maximum absolute atomic E-state index is 11.7. The fourth-order valence-electron chi connectivity index (χ4n) is 4.40. The van der Waals surface area contributed by atoms with Crippen LogP contribution < -0.4 is 4.72 Å². The van der Waals surface area contributed by atoms with E-state index in [1.165, 1.54) is 45.2 Å². The Morgan fingerprint density at radius 1 is 0.900 bits per heavy atom. The van der Waals surface area contributed by atoms with Gasteiger partial charge in [0, 0.05) is 5.69 Å². The standard InChI is InChI=1S/C26H27NO2S/c1-4-23(20-9-7-10-22(17-20)27-30(3,28)29)26-24-11-6-5-8-19(24)13-14-21-16-18(2)12-15-25(21)26/h5-12,15-17,27H,4,13-14H2,1-3H3. The topological polar surface area (TPSA) is 46.2 Å². The number of sulfonamides is 1. The van der Waals surface area contributed by atoms with Gasteiger partial charge in [0.05, 0.1) is 6.26 Å². The monoisotopic (exact) mass is 417 g/mol. The van der Waals surface area contributed by atoms with E-state index in [4.69, 9.17) is 0 Å². The predicted octanol–water partition coefficient (Wildman–Crippen LogP) is 5.83. The van der Waals surface area contributed by atoms with Gasteiger partial charge >= 0.3 is 0 Å². The lowest BCUT2D eigenvalue weighted by atomic mass is 9.85. The van der Waals surface area contributed by atoms with E-state index in [2.05, 4.69) is 67.1 Å². The molecule has 3 aromatic carbocycles. The Morgan fingerprint density at radius 3 is 2.40 bits per heavy atom. The average molecular weight is 418 g/mol. The molecule has 0 atom stereocenters. The van der Waals surface area contributed by atoms with Gasteiger partial charge in [-0.15, -0.1) is 0 Å². The fraction of sp³-hybridized carbons (Fsp3) is 0.231. The number of rotatable bonds is 4. The summed E-state index contributed by atoms with van der Waals surface area (Å²) in [6.07, 6.45) is 4.06. The third kappa shape index (κ3) is 4.19. The molecule has 0 saturated carbocycles. The van der Waals surface area contributed by atoms with Crippen LogP contribution in [-0.4, -0.2) is 14.7 Å². The van der Waals surface area contributed by atoms with Gasteiger partial charge in [-0.05, 0) is 77.3 Å². The van der Waals surface area contributed by atoms with E-state index in [9.17, 15) is 8.42 Å². The molecule has 0 fully saturated rings. The lowest BCUT2D eigenvalue weighted by Gasteiger charge is -2.19. The highest BCUT2D eigenvalue weighted by Gasteiger charge is 2.21. The molecule has 3 aromatic rings. The molecular formula is C26H27NO2S. The van der Waals surface area contributed by atoms with Crippen LogP contribution >= 0.6 is 0 Å². The Bertz CT molecular complexity index is 1240. The first-order chi connectivity index (χ1) is 14.4. The van der Waals surface area contributed by atoms with Crippen LogP contribution in [0.5, 0.6) is 0 Å². The largest absolute Gasteiger partial charge is 0.284 e. The molecule has 0 heterocycles. The van der Waals surface area contributed by atoms with Crippen molar-refractivity contribution in [2.24, 2.45) is 0 Å². The van der Waals surface area contributed by atoms with Gasteiger partial charge < -0.3 is 0 Å². The van der Waals surface area contributed by atoms with Crippen molar-refractivity contribution in [3.8, 4) is 0 Å². The molecule has 0 bridgehead atoms. The van der Waals surface area contributed by atoms with Crippen LogP contribution in [0.4, 0.5) is 5.69 Å². The zero-order valence-corrected chi connectivity index (χ0v) is 18.5. The second-order valence-corrected chi connectivity index (χ2v) is 9.73. The van der Waals surface area contributed by atoms with E-state index in [-0.39, 0.29) is 0 Å². The van der Waals surface area contributed by atoms with Crippen LogP contribution in [0.2, 0.25) is 0 Å². The highest BCUT2D eigenvalue weighted by Crippen LogP contribution is 2.40. The maximum Gasteiger partial charge on any atom is 0.229 e. The Morgan fingerprint density at radius 2 is 1.63 bits per heavy atom. The molecule has 1 N–H and O–H groups in total. The van der Waals surface area contributed by atoms with Crippen LogP contribution in [0.25, 0.3) is 11.1 Å². The highest BCUT2D eigenvalue weighted by atomic mass is 32.2. The van der Waals surface area contributed by atoms with Crippen molar-refractivity contribution in [3.05, 3.63) is 100 Å². The molecule has 4 heteroatoms. The van der Waals surface area contributed by atoms with E-state index in [1.54, 1.807) is 6.07 Å². The van der Waals surface area contributed by atoms with Crippen LogP contribution in [-0.2, 0) is 22.9 Å².